The number of rotatable bonds is 63. The molecule has 0 heterocycles. The van der Waals surface area contributed by atoms with Gasteiger partial charge in [-0.25, -0.2) is 0 Å². The Hall–Kier alpha value is -2.89. The predicted molar refractivity (Wildman–Crippen MR) is 339 cm³/mol. The van der Waals surface area contributed by atoms with Crippen molar-refractivity contribution in [2.24, 2.45) is 0 Å². The van der Waals surface area contributed by atoms with Gasteiger partial charge < -0.3 is 14.2 Å². The molecular weight excluding hydrogens is 961 g/mol. The number of esters is 3. The highest BCUT2D eigenvalue weighted by Gasteiger charge is 2.19. The normalized spacial score (nSPS) is 12.4. The lowest BCUT2D eigenvalue weighted by molar-refractivity contribution is -0.167. The van der Waals surface area contributed by atoms with Crippen molar-refractivity contribution in [1.82, 2.24) is 0 Å². The molecule has 0 aromatic rings. The molecule has 0 rings (SSSR count). The van der Waals surface area contributed by atoms with Crippen molar-refractivity contribution in [3.63, 3.8) is 0 Å². The third kappa shape index (κ3) is 63.9. The van der Waals surface area contributed by atoms with Gasteiger partial charge in [-0.05, 0) is 83.5 Å². The summed E-state index contributed by atoms with van der Waals surface area (Å²) in [5, 5.41) is 0. The van der Waals surface area contributed by atoms with Gasteiger partial charge in [0.15, 0.2) is 6.10 Å². The molecule has 0 N–H and O–H groups in total. The molecule has 0 saturated carbocycles. The molecule has 78 heavy (non-hydrogen) atoms. The Kier molecular flexibility index (Phi) is 64.2. The first-order valence-electron chi connectivity index (χ1n) is 34.3. The van der Waals surface area contributed by atoms with E-state index >= 15 is 0 Å². The van der Waals surface area contributed by atoms with E-state index in [4.69, 9.17) is 14.2 Å². The maximum absolute atomic E-state index is 12.9. The Balaban J connectivity index is 4.15. The second-order valence-corrected chi connectivity index (χ2v) is 23.1. The predicted octanol–water partition coefficient (Wildman–Crippen LogP) is 23.5. The summed E-state index contributed by atoms with van der Waals surface area (Å²) in [5.74, 6) is -0.888. The molecule has 6 heteroatoms. The average Bonchev–Trinajstić information content (AvgIpc) is 3.44. The van der Waals surface area contributed by atoms with Gasteiger partial charge in [0.1, 0.15) is 13.2 Å². The van der Waals surface area contributed by atoms with Crippen LogP contribution in [0.3, 0.4) is 0 Å². The minimum absolute atomic E-state index is 0.0788. The van der Waals surface area contributed by atoms with Gasteiger partial charge >= 0.3 is 17.9 Å². The van der Waals surface area contributed by atoms with Crippen LogP contribution in [0.4, 0.5) is 0 Å². The highest BCUT2D eigenvalue weighted by atomic mass is 16.6. The molecule has 0 fully saturated rings. The highest BCUT2D eigenvalue weighted by molar-refractivity contribution is 5.71. The van der Waals surface area contributed by atoms with Crippen LogP contribution in [0, 0.1) is 0 Å². The molecule has 0 aliphatic heterocycles. The third-order valence-electron chi connectivity index (χ3n) is 15.3. The monoisotopic (exact) mass is 1090 g/mol. The quantitative estimate of drug-likeness (QED) is 0.0261. The molecule has 0 aromatic carbocycles. The number of ether oxygens (including phenoxy) is 3. The molecule has 6 nitrogen and oxygen atoms in total. The van der Waals surface area contributed by atoms with E-state index < -0.39 is 6.10 Å². The number of unbranched alkanes of at least 4 members (excludes halogenated alkanes) is 42. The fraction of sp³-hybridized carbons (Fsp3) is 0.819. The Morgan fingerprint density at radius 3 is 0.795 bits per heavy atom. The van der Waals surface area contributed by atoms with Crippen LogP contribution in [0.1, 0.15) is 361 Å². The molecule has 0 aliphatic carbocycles. The van der Waals surface area contributed by atoms with Crippen LogP contribution in [0.25, 0.3) is 0 Å². The van der Waals surface area contributed by atoms with Gasteiger partial charge in [0.05, 0.1) is 0 Å². The van der Waals surface area contributed by atoms with Crippen molar-refractivity contribution in [2.75, 3.05) is 13.2 Å². The van der Waals surface area contributed by atoms with Crippen LogP contribution >= 0.6 is 0 Å². The number of carbonyl (C=O) groups is 3. The average molecular weight is 1090 g/mol. The fourth-order valence-corrected chi connectivity index (χ4v) is 10.1. The van der Waals surface area contributed by atoms with Gasteiger partial charge in [-0.2, -0.15) is 0 Å². The molecule has 0 amide bonds. The zero-order valence-electron chi connectivity index (χ0n) is 52.2. The lowest BCUT2D eigenvalue weighted by Crippen LogP contribution is -2.30. The van der Waals surface area contributed by atoms with Gasteiger partial charge in [0.25, 0.3) is 0 Å². The van der Waals surface area contributed by atoms with E-state index in [2.05, 4.69) is 81.5 Å². The Morgan fingerprint density at radius 2 is 0.500 bits per heavy atom. The summed E-state index contributed by atoms with van der Waals surface area (Å²) in [5.41, 5.74) is 0. The zero-order valence-corrected chi connectivity index (χ0v) is 52.2. The van der Waals surface area contributed by atoms with Crippen LogP contribution in [0.2, 0.25) is 0 Å². The van der Waals surface area contributed by atoms with E-state index in [0.29, 0.717) is 19.3 Å². The topological polar surface area (TPSA) is 78.9 Å². The number of carbonyl (C=O) groups excluding carboxylic acids is 3. The SMILES string of the molecule is CC/C=C\C/C=C\C/C=C\CCCCCC(=O)OCC(COC(=O)CCCCCCCCCCCCCCCCCCCCC/C=C\C/C=C\CCCCCCC)OC(=O)CCCCCCCCCCCCCCCCCC. The number of hydrogen-bond donors (Lipinski definition) is 0. The summed E-state index contributed by atoms with van der Waals surface area (Å²) in [6.45, 7) is 6.54. The van der Waals surface area contributed by atoms with Crippen LogP contribution in [0.15, 0.2) is 60.8 Å². The van der Waals surface area contributed by atoms with E-state index in [-0.39, 0.29) is 31.1 Å². The molecule has 0 spiro atoms. The molecule has 0 bridgehead atoms. The van der Waals surface area contributed by atoms with E-state index in [1.54, 1.807) is 0 Å². The smallest absolute Gasteiger partial charge is 0.306 e. The molecular formula is C72H130O6. The summed E-state index contributed by atoms with van der Waals surface area (Å²) < 4.78 is 16.9. The Labute approximate surface area is 485 Å². The highest BCUT2D eigenvalue weighted by Crippen LogP contribution is 2.18. The molecule has 0 aromatic heterocycles. The molecule has 454 valence electrons. The Morgan fingerprint density at radius 1 is 0.269 bits per heavy atom. The summed E-state index contributed by atoms with van der Waals surface area (Å²) in [6.07, 6.45) is 85.5. The molecule has 0 aliphatic rings. The lowest BCUT2D eigenvalue weighted by atomic mass is 10.0. The van der Waals surface area contributed by atoms with Crippen LogP contribution in [-0.4, -0.2) is 37.2 Å². The van der Waals surface area contributed by atoms with Crippen LogP contribution in [-0.2, 0) is 28.6 Å². The molecule has 0 saturated heterocycles. The second-order valence-electron chi connectivity index (χ2n) is 23.1. The van der Waals surface area contributed by atoms with Crippen LogP contribution in [0.5, 0.6) is 0 Å². The van der Waals surface area contributed by atoms with Crippen molar-refractivity contribution < 1.29 is 28.6 Å². The molecule has 1 atom stereocenters. The summed E-state index contributed by atoms with van der Waals surface area (Å²) in [4.78, 5) is 38.3. The largest absolute Gasteiger partial charge is 0.462 e. The first-order valence-corrected chi connectivity index (χ1v) is 34.3. The lowest BCUT2D eigenvalue weighted by Gasteiger charge is -2.18. The van der Waals surface area contributed by atoms with Crippen molar-refractivity contribution in [2.45, 2.75) is 367 Å². The standard InChI is InChI=1S/C72H130O6/c1-4-7-10-13-16-19-22-25-27-29-30-31-32-33-34-35-36-37-38-39-40-41-42-43-45-47-50-53-56-59-62-65-71(74)77-68-69(67-76-70(73)64-61-58-55-52-49-46-24-21-18-15-12-9-6-3)78-72(75)66-63-60-57-54-51-48-44-28-26-23-20-17-14-11-8-5-2/h9,12,18,21-22,25,29-30,46,49,69H,4-8,10-11,13-17,19-20,23-24,26-28,31-45,47-48,50-68H2,1-3H3/b12-9-,21-18-,25-22-,30-29-,49-46-. The first-order chi connectivity index (χ1) is 38.5. The van der Waals surface area contributed by atoms with E-state index in [1.807, 2.05) is 0 Å². The number of hydrogen-bond acceptors (Lipinski definition) is 6. The molecule has 1 unspecified atom stereocenters. The van der Waals surface area contributed by atoms with Crippen molar-refractivity contribution in [3.05, 3.63) is 60.8 Å². The van der Waals surface area contributed by atoms with Gasteiger partial charge in [0.2, 0.25) is 0 Å². The Bertz CT molecular complexity index is 1390. The maximum Gasteiger partial charge on any atom is 0.306 e. The second kappa shape index (κ2) is 66.6. The summed E-state index contributed by atoms with van der Waals surface area (Å²) >= 11 is 0. The minimum Gasteiger partial charge on any atom is -0.462 e. The third-order valence-corrected chi connectivity index (χ3v) is 15.3. The van der Waals surface area contributed by atoms with Gasteiger partial charge in [-0.3, -0.25) is 14.4 Å². The zero-order chi connectivity index (χ0) is 56.4. The minimum atomic E-state index is -0.783. The maximum atomic E-state index is 12.9. The molecule has 0 radical (unpaired) electrons. The summed E-state index contributed by atoms with van der Waals surface area (Å²) in [6, 6.07) is 0. The van der Waals surface area contributed by atoms with Crippen molar-refractivity contribution in [3.8, 4) is 0 Å². The van der Waals surface area contributed by atoms with Crippen LogP contribution < -0.4 is 0 Å². The first kappa shape index (κ1) is 75.1. The van der Waals surface area contributed by atoms with Gasteiger partial charge in [-0.1, -0.05) is 319 Å². The van der Waals surface area contributed by atoms with E-state index in [1.165, 1.54) is 231 Å². The van der Waals surface area contributed by atoms with E-state index in [9.17, 15) is 14.4 Å². The fourth-order valence-electron chi connectivity index (χ4n) is 10.1. The van der Waals surface area contributed by atoms with E-state index in [0.717, 1.165) is 89.9 Å². The van der Waals surface area contributed by atoms with Crippen molar-refractivity contribution >= 4 is 17.9 Å². The van der Waals surface area contributed by atoms with Crippen molar-refractivity contribution in [1.29, 1.82) is 0 Å². The summed E-state index contributed by atoms with van der Waals surface area (Å²) in [7, 11) is 0. The number of allylic oxidation sites excluding steroid dienone is 10. The van der Waals surface area contributed by atoms with Gasteiger partial charge in [0, 0.05) is 19.3 Å². The van der Waals surface area contributed by atoms with Gasteiger partial charge in [-0.15, -0.1) is 0 Å².